The second kappa shape index (κ2) is 10.2. The number of rotatable bonds is 8. The minimum atomic E-state index is -0.656. The van der Waals surface area contributed by atoms with E-state index >= 15 is 0 Å². The van der Waals surface area contributed by atoms with Crippen LogP contribution >= 0.6 is 0 Å². The molecule has 3 rings (SSSR count). The number of anilines is 2. The van der Waals surface area contributed by atoms with Gasteiger partial charge in [-0.15, -0.1) is 0 Å². The molecule has 30 heavy (non-hydrogen) atoms. The topological polar surface area (TPSA) is 114 Å². The third-order valence-corrected chi connectivity index (χ3v) is 5.17. The van der Waals surface area contributed by atoms with E-state index in [-0.39, 0.29) is 30.5 Å². The number of hydrogen-bond acceptors (Lipinski definition) is 6. The first-order valence-corrected chi connectivity index (χ1v) is 10.3. The Morgan fingerprint density at radius 1 is 1.20 bits per heavy atom. The Labute approximate surface area is 175 Å². The van der Waals surface area contributed by atoms with Crippen molar-refractivity contribution in [1.29, 1.82) is 0 Å². The van der Waals surface area contributed by atoms with Crippen LogP contribution in [0.3, 0.4) is 0 Å². The third-order valence-electron chi connectivity index (χ3n) is 5.17. The number of hydrogen-bond donors (Lipinski definition) is 2. The van der Waals surface area contributed by atoms with E-state index in [2.05, 4.69) is 4.98 Å². The summed E-state index contributed by atoms with van der Waals surface area (Å²) in [4.78, 5) is 44.0. The molecule has 0 bridgehead atoms. The Morgan fingerprint density at radius 2 is 1.90 bits per heavy atom. The van der Waals surface area contributed by atoms with Crippen molar-refractivity contribution in [2.75, 3.05) is 43.5 Å². The van der Waals surface area contributed by atoms with Crippen LogP contribution in [0.25, 0.3) is 0 Å². The molecule has 1 fully saturated rings. The maximum Gasteiger partial charge on any atom is 0.330 e. The summed E-state index contributed by atoms with van der Waals surface area (Å²) < 4.78 is 6.68. The van der Waals surface area contributed by atoms with Crippen LogP contribution in [0.4, 0.5) is 11.5 Å². The van der Waals surface area contributed by atoms with Gasteiger partial charge >= 0.3 is 5.69 Å². The second-order valence-corrected chi connectivity index (χ2v) is 7.35. The molecule has 1 aliphatic heterocycles. The molecule has 0 aliphatic carbocycles. The Morgan fingerprint density at radius 3 is 2.57 bits per heavy atom. The predicted molar refractivity (Wildman–Crippen MR) is 116 cm³/mol. The Kier molecular flexibility index (Phi) is 7.42. The van der Waals surface area contributed by atoms with Crippen molar-refractivity contribution < 1.29 is 9.53 Å². The molecule has 0 radical (unpaired) electrons. The summed E-state index contributed by atoms with van der Waals surface area (Å²) in [5, 5.41) is 0. The van der Waals surface area contributed by atoms with Crippen LogP contribution in [0.15, 0.2) is 39.9 Å². The molecule has 1 aromatic carbocycles. The van der Waals surface area contributed by atoms with E-state index in [9.17, 15) is 14.4 Å². The Hall–Kier alpha value is -2.91. The molecule has 0 atom stereocenters. The number of amides is 1. The highest BCUT2D eigenvalue weighted by Gasteiger charge is 2.26. The molecule has 0 unspecified atom stereocenters. The molecular weight excluding hydrogens is 386 g/mol. The largest absolute Gasteiger partial charge is 0.383 e. The molecule has 1 aromatic heterocycles. The van der Waals surface area contributed by atoms with E-state index in [1.807, 2.05) is 42.2 Å². The number of nitrogens with one attached hydrogen (secondary N) is 1. The maximum atomic E-state index is 13.3. The third kappa shape index (κ3) is 5.17. The zero-order chi connectivity index (χ0) is 21.5. The summed E-state index contributed by atoms with van der Waals surface area (Å²) in [7, 11) is 0. The van der Waals surface area contributed by atoms with Gasteiger partial charge in [-0.2, -0.15) is 0 Å². The fourth-order valence-corrected chi connectivity index (χ4v) is 3.47. The molecule has 9 nitrogen and oxygen atoms in total. The molecule has 0 saturated carbocycles. The highest BCUT2D eigenvalue weighted by molar-refractivity contribution is 5.96. The first-order valence-electron chi connectivity index (χ1n) is 10.3. The van der Waals surface area contributed by atoms with E-state index in [1.54, 1.807) is 0 Å². The Balaban J connectivity index is 1.99. The number of nitrogens with zero attached hydrogens (tertiary/aromatic N) is 3. The van der Waals surface area contributed by atoms with Crippen LogP contribution in [0.5, 0.6) is 0 Å². The van der Waals surface area contributed by atoms with Gasteiger partial charge in [-0.3, -0.25) is 28.9 Å². The van der Waals surface area contributed by atoms with Crippen molar-refractivity contribution in [3.8, 4) is 0 Å². The van der Waals surface area contributed by atoms with Crippen molar-refractivity contribution in [3.05, 3.63) is 56.7 Å². The lowest BCUT2D eigenvalue weighted by molar-refractivity contribution is -0.120. The number of morpholine rings is 1. The zero-order valence-electron chi connectivity index (χ0n) is 17.3. The molecule has 2 heterocycles. The van der Waals surface area contributed by atoms with Gasteiger partial charge in [-0.05, 0) is 12.0 Å². The van der Waals surface area contributed by atoms with E-state index in [0.29, 0.717) is 32.8 Å². The number of benzene rings is 1. The summed E-state index contributed by atoms with van der Waals surface area (Å²) in [5.74, 6) is -0.234. The molecule has 3 N–H and O–H groups in total. The number of ether oxygens (including phenoxy) is 1. The highest BCUT2D eigenvalue weighted by atomic mass is 16.5. The van der Waals surface area contributed by atoms with E-state index in [0.717, 1.165) is 18.4 Å². The average molecular weight is 415 g/mol. The standard InChI is InChI=1S/C21H29N5O4/c1-2-3-9-25-19(22)18(20(28)23-21(25)29)26(14-16-7-5-4-6-8-16)17(27)15-24-10-12-30-13-11-24/h4-8H,2-3,9-15,22H2,1H3,(H,23,28,29). The average Bonchev–Trinajstić information content (AvgIpc) is 2.74. The van der Waals surface area contributed by atoms with Crippen molar-refractivity contribution in [3.63, 3.8) is 0 Å². The minimum Gasteiger partial charge on any atom is -0.383 e. The lowest BCUT2D eigenvalue weighted by atomic mass is 10.2. The number of carbonyl (C=O) groups excluding carboxylic acids is 1. The number of nitrogen functional groups attached to an aromatic ring is 1. The van der Waals surface area contributed by atoms with Crippen molar-refractivity contribution in [1.82, 2.24) is 14.5 Å². The van der Waals surface area contributed by atoms with Gasteiger partial charge < -0.3 is 10.5 Å². The fraction of sp³-hybridized carbons (Fsp3) is 0.476. The van der Waals surface area contributed by atoms with Crippen molar-refractivity contribution in [2.24, 2.45) is 0 Å². The first-order chi connectivity index (χ1) is 14.5. The van der Waals surface area contributed by atoms with Crippen LogP contribution < -0.4 is 21.9 Å². The van der Waals surface area contributed by atoms with Crippen molar-refractivity contribution in [2.45, 2.75) is 32.9 Å². The van der Waals surface area contributed by atoms with Gasteiger partial charge in [0.1, 0.15) is 5.82 Å². The van der Waals surface area contributed by atoms with Gasteiger partial charge in [-0.1, -0.05) is 43.7 Å². The van der Waals surface area contributed by atoms with Gasteiger partial charge in [0.25, 0.3) is 5.56 Å². The number of aromatic amines is 1. The first kappa shape index (κ1) is 21.8. The minimum absolute atomic E-state index is 0.0171. The number of carbonyl (C=O) groups is 1. The van der Waals surface area contributed by atoms with Crippen LogP contribution in [0, 0.1) is 0 Å². The molecule has 2 aromatic rings. The molecular formula is C21H29N5O4. The molecule has 1 amide bonds. The summed E-state index contributed by atoms with van der Waals surface area (Å²) in [6, 6.07) is 9.39. The lowest BCUT2D eigenvalue weighted by Crippen LogP contribution is -2.47. The van der Waals surface area contributed by atoms with E-state index in [1.165, 1.54) is 9.47 Å². The van der Waals surface area contributed by atoms with E-state index < -0.39 is 11.2 Å². The molecule has 0 spiro atoms. The predicted octanol–water partition coefficient (Wildman–Crippen LogP) is 0.784. The fourth-order valence-electron chi connectivity index (χ4n) is 3.47. The normalized spacial score (nSPS) is 14.6. The van der Waals surface area contributed by atoms with Gasteiger partial charge in [0.15, 0.2) is 5.69 Å². The summed E-state index contributed by atoms with van der Waals surface area (Å²) in [5.41, 5.74) is 5.93. The van der Waals surface area contributed by atoms with Crippen LogP contribution in [0.1, 0.15) is 25.3 Å². The maximum absolute atomic E-state index is 13.3. The number of aromatic nitrogens is 2. The number of nitrogens with two attached hydrogens (primary N) is 1. The summed E-state index contributed by atoms with van der Waals surface area (Å²) in [6.45, 7) is 5.13. The number of unbranched alkanes of at least 4 members (excludes halogenated alkanes) is 1. The second-order valence-electron chi connectivity index (χ2n) is 7.35. The van der Waals surface area contributed by atoms with Gasteiger partial charge in [0, 0.05) is 19.6 Å². The number of H-pyrrole nitrogens is 1. The highest BCUT2D eigenvalue weighted by Crippen LogP contribution is 2.20. The van der Waals surface area contributed by atoms with Crippen LogP contribution in [-0.4, -0.2) is 53.2 Å². The smallest absolute Gasteiger partial charge is 0.330 e. The molecule has 162 valence electrons. The molecule has 1 aliphatic rings. The monoisotopic (exact) mass is 415 g/mol. The quantitative estimate of drug-likeness (QED) is 0.659. The Bertz CT molecular complexity index is 964. The lowest BCUT2D eigenvalue weighted by Gasteiger charge is -2.30. The van der Waals surface area contributed by atoms with Gasteiger partial charge in [-0.25, -0.2) is 4.79 Å². The molecule has 1 saturated heterocycles. The SMILES string of the molecule is CCCCn1c(N)c(N(Cc2ccccc2)C(=O)CN2CCOCC2)c(=O)[nH]c1=O. The summed E-state index contributed by atoms with van der Waals surface area (Å²) >= 11 is 0. The van der Waals surface area contributed by atoms with Gasteiger partial charge in [0.2, 0.25) is 5.91 Å². The van der Waals surface area contributed by atoms with Crippen LogP contribution in [0.2, 0.25) is 0 Å². The summed E-state index contributed by atoms with van der Waals surface area (Å²) in [6.07, 6.45) is 1.60. The van der Waals surface area contributed by atoms with E-state index in [4.69, 9.17) is 10.5 Å². The van der Waals surface area contributed by atoms with Crippen LogP contribution in [-0.2, 0) is 22.6 Å². The van der Waals surface area contributed by atoms with Crippen molar-refractivity contribution >= 4 is 17.4 Å². The van der Waals surface area contributed by atoms with Gasteiger partial charge in [0.05, 0.1) is 26.3 Å². The molecule has 9 heteroatoms. The zero-order valence-corrected chi connectivity index (χ0v) is 17.3.